The van der Waals surface area contributed by atoms with Crippen LogP contribution >= 0.6 is 15.9 Å². The van der Waals surface area contributed by atoms with Crippen molar-refractivity contribution in [3.63, 3.8) is 0 Å². The summed E-state index contributed by atoms with van der Waals surface area (Å²) in [5.74, 6) is 0.883. The lowest BCUT2D eigenvalue weighted by Crippen LogP contribution is -2.12. The van der Waals surface area contributed by atoms with Crippen molar-refractivity contribution in [2.75, 3.05) is 0 Å². The van der Waals surface area contributed by atoms with E-state index in [-0.39, 0.29) is 5.78 Å². The van der Waals surface area contributed by atoms with Crippen molar-refractivity contribution in [1.82, 2.24) is 14.8 Å². The molecule has 0 amide bonds. The van der Waals surface area contributed by atoms with Gasteiger partial charge in [0.05, 0.1) is 6.42 Å². The van der Waals surface area contributed by atoms with Crippen LogP contribution in [0.2, 0.25) is 0 Å². The standard InChI is InChI=1S/C13H14BrN3O/c1-2-17-13(15-9-16-17)8-12(18)7-10-4-3-5-11(14)6-10/h3-6,9H,2,7-8H2,1H3. The number of aromatic nitrogens is 3. The number of nitrogens with zero attached hydrogens (tertiary/aromatic N) is 3. The zero-order chi connectivity index (χ0) is 13.0. The molecule has 0 aliphatic carbocycles. The topological polar surface area (TPSA) is 47.8 Å². The molecule has 2 rings (SSSR count). The van der Waals surface area contributed by atoms with Crippen LogP contribution in [0.1, 0.15) is 18.3 Å². The first-order chi connectivity index (χ1) is 8.69. The predicted molar refractivity (Wildman–Crippen MR) is 72.3 cm³/mol. The Kier molecular flexibility index (Phi) is 4.25. The molecule has 0 spiro atoms. The van der Waals surface area contributed by atoms with Gasteiger partial charge in [-0.1, -0.05) is 28.1 Å². The van der Waals surface area contributed by atoms with Gasteiger partial charge in [0, 0.05) is 17.4 Å². The first kappa shape index (κ1) is 13.0. The fraction of sp³-hybridized carbons (Fsp3) is 0.308. The molecule has 0 aliphatic rings. The number of hydrogen-bond acceptors (Lipinski definition) is 3. The summed E-state index contributed by atoms with van der Waals surface area (Å²) in [6, 6.07) is 7.79. The summed E-state index contributed by atoms with van der Waals surface area (Å²) in [6.07, 6.45) is 2.25. The van der Waals surface area contributed by atoms with Gasteiger partial charge in [-0.2, -0.15) is 5.10 Å². The lowest BCUT2D eigenvalue weighted by Gasteiger charge is -2.03. The van der Waals surface area contributed by atoms with Crippen LogP contribution in [0.4, 0.5) is 0 Å². The predicted octanol–water partition coefficient (Wildman–Crippen LogP) is 2.41. The fourth-order valence-corrected chi connectivity index (χ4v) is 2.25. The van der Waals surface area contributed by atoms with E-state index in [0.29, 0.717) is 12.8 Å². The molecule has 0 unspecified atom stereocenters. The highest BCUT2D eigenvalue weighted by molar-refractivity contribution is 9.10. The lowest BCUT2D eigenvalue weighted by molar-refractivity contribution is -0.117. The van der Waals surface area contributed by atoms with Gasteiger partial charge in [-0.25, -0.2) is 9.67 Å². The summed E-state index contributed by atoms with van der Waals surface area (Å²) >= 11 is 3.40. The highest BCUT2D eigenvalue weighted by atomic mass is 79.9. The van der Waals surface area contributed by atoms with Crippen molar-refractivity contribution in [1.29, 1.82) is 0 Å². The molecule has 1 aromatic heterocycles. The zero-order valence-corrected chi connectivity index (χ0v) is 11.7. The van der Waals surface area contributed by atoms with Crippen LogP contribution in [0.25, 0.3) is 0 Å². The average molecular weight is 308 g/mol. The number of aryl methyl sites for hydroxylation is 1. The second-order valence-corrected chi connectivity index (χ2v) is 4.93. The van der Waals surface area contributed by atoms with Crippen LogP contribution in [0.15, 0.2) is 35.1 Å². The second kappa shape index (κ2) is 5.91. The number of ketones is 1. The molecule has 0 atom stereocenters. The number of rotatable bonds is 5. The van der Waals surface area contributed by atoms with Gasteiger partial charge in [0.25, 0.3) is 0 Å². The molecule has 0 fully saturated rings. The second-order valence-electron chi connectivity index (χ2n) is 4.01. The van der Waals surface area contributed by atoms with E-state index in [1.54, 1.807) is 4.68 Å². The molecule has 2 aromatic rings. The van der Waals surface area contributed by atoms with Crippen molar-refractivity contribution >= 4 is 21.7 Å². The third-order valence-electron chi connectivity index (χ3n) is 2.64. The maximum Gasteiger partial charge on any atom is 0.144 e. The number of carbonyl (C=O) groups excluding carboxylic acids is 1. The Morgan fingerprint density at radius 2 is 2.22 bits per heavy atom. The molecule has 18 heavy (non-hydrogen) atoms. The van der Waals surface area contributed by atoms with Crippen LogP contribution in [0, 0.1) is 0 Å². The molecule has 0 radical (unpaired) electrons. The number of Topliss-reactive ketones (excluding diaryl/α,β-unsaturated/α-hetero) is 1. The molecule has 4 nitrogen and oxygen atoms in total. The van der Waals surface area contributed by atoms with Crippen LogP contribution in [0.5, 0.6) is 0 Å². The summed E-state index contributed by atoms with van der Waals surface area (Å²) in [4.78, 5) is 16.1. The summed E-state index contributed by atoms with van der Waals surface area (Å²) in [7, 11) is 0. The van der Waals surface area contributed by atoms with Crippen molar-refractivity contribution in [3.8, 4) is 0 Å². The van der Waals surface area contributed by atoms with Crippen molar-refractivity contribution in [2.24, 2.45) is 0 Å². The number of halogens is 1. The molecule has 0 bridgehead atoms. The van der Waals surface area contributed by atoms with Crippen LogP contribution in [-0.2, 0) is 24.2 Å². The van der Waals surface area contributed by atoms with Gasteiger partial charge >= 0.3 is 0 Å². The Hall–Kier alpha value is -1.49. The number of benzene rings is 1. The average Bonchev–Trinajstić information content (AvgIpc) is 2.76. The minimum Gasteiger partial charge on any atom is -0.299 e. The summed E-state index contributed by atoms with van der Waals surface area (Å²) < 4.78 is 2.74. The molecule has 0 N–H and O–H groups in total. The highest BCUT2D eigenvalue weighted by Gasteiger charge is 2.10. The third-order valence-corrected chi connectivity index (χ3v) is 3.13. The lowest BCUT2D eigenvalue weighted by atomic mass is 10.1. The summed E-state index contributed by atoms with van der Waals surface area (Å²) in [5.41, 5.74) is 1.01. The molecule has 0 saturated heterocycles. The van der Waals surface area contributed by atoms with Gasteiger partial charge in [-0.15, -0.1) is 0 Å². The van der Waals surface area contributed by atoms with E-state index in [1.165, 1.54) is 6.33 Å². The Bertz CT molecular complexity index is 551. The van der Waals surface area contributed by atoms with Gasteiger partial charge in [0.2, 0.25) is 0 Å². The van der Waals surface area contributed by atoms with Crippen LogP contribution < -0.4 is 0 Å². The quantitative estimate of drug-likeness (QED) is 0.852. The largest absolute Gasteiger partial charge is 0.299 e. The molecule has 5 heteroatoms. The number of hydrogen-bond donors (Lipinski definition) is 0. The Balaban J connectivity index is 2.01. The maximum atomic E-state index is 12.0. The molecular formula is C13H14BrN3O. The van der Waals surface area contributed by atoms with Crippen molar-refractivity contribution in [2.45, 2.75) is 26.3 Å². The highest BCUT2D eigenvalue weighted by Crippen LogP contribution is 2.12. The molecular weight excluding hydrogens is 294 g/mol. The van der Waals surface area contributed by atoms with E-state index >= 15 is 0 Å². The van der Waals surface area contributed by atoms with Gasteiger partial charge in [0.15, 0.2) is 0 Å². The normalized spacial score (nSPS) is 10.6. The first-order valence-corrected chi connectivity index (χ1v) is 6.61. The Labute approximate surface area is 114 Å². The molecule has 94 valence electrons. The van der Waals surface area contributed by atoms with E-state index in [1.807, 2.05) is 31.2 Å². The molecule has 1 heterocycles. The Morgan fingerprint density at radius 1 is 1.39 bits per heavy atom. The van der Waals surface area contributed by atoms with Crippen molar-refractivity contribution < 1.29 is 4.79 Å². The van der Waals surface area contributed by atoms with Gasteiger partial charge in [-0.3, -0.25) is 4.79 Å². The fourth-order valence-electron chi connectivity index (χ4n) is 1.80. The maximum absolute atomic E-state index is 12.0. The van der Waals surface area contributed by atoms with Gasteiger partial charge < -0.3 is 0 Å². The SMILES string of the molecule is CCn1ncnc1CC(=O)Cc1cccc(Br)c1. The van der Waals surface area contributed by atoms with Gasteiger partial charge in [0.1, 0.15) is 17.9 Å². The minimum atomic E-state index is 0.149. The van der Waals surface area contributed by atoms with E-state index < -0.39 is 0 Å². The smallest absolute Gasteiger partial charge is 0.144 e. The molecule has 1 aromatic carbocycles. The van der Waals surface area contributed by atoms with E-state index in [0.717, 1.165) is 22.4 Å². The minimum absolute atomic E-state index is 0.149. The zero-order valence-electron chi connectivity index (χ0n) is 10.1. The summed E-state index contributed by atoms with van der Waals surface area (Å²) in [5, 5.41) is 4.05. The van der Waals surface area contributed by atoms with E-state index in [9.17, 15) is 4.79 Å². The van der Waals surface area contributed by atoms with E-state index in [2.05, 4.69) is 26.0 Å². The Morgan fingerprint density at radius 3 is 2.94 bits per heavy atom. The first-order valence-electron chi connectivity index (χ1n) is 5.82. The van der Waals surface area contributed by atoms with Crippen LogP contribution in [0.3, 0.4) is 0 Å². The molecule has 0 saturated carbocycles. The monoisotopic (exact) mass is 307 g/mol. The van der Waals surface area contributed by atoms with Crippen LogP contribution in [-0.4, -0.2) is 20.5 Å². The molecule has 0 aliphatic heterocycles. The third kappa shape index (κ3) is 3.26. The van der Waals surface area contributed by atoms with Gasteiger partial charge in [-0.05, 0) is 24.6 Å². The number of carbonyl (C=O) groups is 1. The van der Waals surface area contributed by atoms with Crippen molar-refractivity contribution in [3.05, 3.63) is 46.5 Å². The van der Waals surface area contributed by atoms with E-state index in [4.69, 9.17) is 0 Å². The summed E-state index contributed by atoms with van der Waals surface area (Å²) in [6.45, 7) is 2.72.